The van der Waals surface area contributed by atoms with Gasteiger partial charge >= 0.3 is 0 Å². The number of ether oxygens (including phenoxy) is 1. The van der Waals surface area contributed by atoms with E-state index in [4.69, 9.17) is 4.74 Å². The smallest absolute Gasteiger partial charge is 0.249 e. The molecule has 0 aliphatic carbocycles. The minimum absolute atomic E-state index is 0.0679. The largest absolute Gasteiger partial charge is 0.495 e. The Balaban J connectivity index is 2.33. The molecule has 0 spiro atoms. The number of benzene rings is 1. The first-order valence-electron chi connectivity index (χ1n) is 6.69. The van der Waals surface area contributed by atoms with Crippen molar-refractivity contribution in [1.29, 1.82) is 0 Å². The molecule has 1 aromatic rings. The van der Waals surface area contributed by atoms with Gasteiger partial charge in [-0.15, -0.1) is 0 Å². The predicted octanol–water partition coefficient (Wildman–Crippen LogP) is 1.59. The van der Waals surface area contributed by atoms with Crippen LogP contribution in [-0.2, 0) is 9.59 Å². The highest BCUT2D eigenvalue weighted by Crippen LogP contribution is 2.31. The molecule has 2 rings (SSSR count). The van der Waals surface area contributed by atoms with Crippen LogP contribution in [0, 0.1) is 6.92 Å². The van der Waals surface area contributed by atoms with E-state index in [9.17, 15) is 9.59 Å². The summed E-state index contributed by atoms with van der Waals surface area (Å²) in [7, 11) is 1.59. The Morgan fingerprint density at radius 2 is 2.05 bits per heavy atom. The Labute approximate surface area is 119 Å². The Morgan fingerprint density at radius 1 is 1.35 bits per heavy atom. The summed E-state index contributed by atoms with van der Waals surface area (Å²) in [5.41, 5.74) is 1.84. The van der Waals surface area contributed by atoms with E-state index >= 15 is 0 Å². The third-order valence-electron chi connectivity index (χ3n) is 3.69. The van der Waals surface area contributed by atoms with Gasteiger partial charge in [-0.25, -0.2) is 0 Å². The van der Waals surface area contributed by atoms with Gasteiger partial charge in [0.2, 0.25) is 11.8 Å². The summed E-state index contributed by atoms with van der Waals surface area (Å²) in [4.78, 5) is 27.3. The van der Waals surface area contributed by atoms with Crippen LogP contribution >= 0.6 is 0 Å². The van der Waals surface area contributed by atoms with Crippen molar-refractivity contribution in [2.24, 2.45) is 0 Å². The lowest BCUT2D eigenvalue weighted by atomic mass is 10.1. The summed E-state index contributed by atoms with van der Waals surface area (Å²) >= 11 is 0. The molecule has 0 N–H and O–H groups in total. The van der Waals surface area contributed by atoms with Crippen molar-refractivity contribution in [2.75, 3.05) is 25.1 Å². The maximum absolute atomic E-state index is 12.5. The molecule has 1 saturated heterocycles. The molecule has 1 atom stereocenters. The number of carbonyl (C=O) groups is 2. The van der Waals surface area contributed by atoms with Gasteiger partial charge in [0.25, 0.3) is 0 Å². The van der Waals surface area contributed by atoms with Crippen LogP contribution in [-0.4, -0.2) is 43.0 Å². The zero-order valence-corrected chi connectivity index (χ0v) is 12.3. The van der Waals surface area contributed by atoms with Crippen molar-refractivity contribution in [2.45, 2.75) is 26.8 Å². The number of nitrogens with zero attached hydrogens (tertiary/aromatic N) is 2. The van der Waals surface area contributed by atoms with E-state index in [0.717, 1.165) is 11.3 Å². The van der Waals surface area contributed by atoms with Crippen LogP contribution in [0.4, 0.5) is 5.69 Å². The van der Waals surface area contributed by atoms with Crippen molar-refractivity contribution in [3.63, 3.8) is 0 Å². The maximum Gasteiger partial charge on any atom is 0.249 e. The molecule has 5 heteroatoms. The summed E-state index contributed by atoms with van der Waals surface area (Å²) < 4.78 is 5.34. The molecule has 0 bridgehead atoms. The van der Waals surface area contributed by atoms with Crippen LogP contribution in [0.2, 0.25) is 0 Å². The van der Waals surface area contributed by atoms with Gasteiger partial charge in [-0.1, -0.05) is 6.07 Å². The molecule has 1 unspecified atom stereocenters. The number of hydrogen-bond donors (Lipinski definition) is 0. The number of hydrogen-bond acceptors (Lipinski definition) is 3. The summed E-state index contributed by atoms with van der Waals surface area (Å²) in [5.74, 6) is 0.532. The van der Waals surface area contributed by atoms with E-state index in [-0.39, 0.29) is 11.8 Å². The Bertz CT molecular complexity index is 542. The van der Waals surface area contributed by atoms with E-state index in [0.29, 0.717) is 18.8 Å². The zero-order valence-electron chi connectivity index (χ0n) is 12.3. The zero-order chi connectivity index (χ0) is 14.9. The van der Waals surface area contributed by atoms with Gasteiger partial charge in [-0.05, 0) is 31.5 Å². The molecule has 1 aromatic carbocycles. The average Bonchev–Trinajstić information content (AvgIpc) is 2.41. The number of methoxy groups -OCH3 is 1. The second-order valence-electron chi connectivity index (χ2n) is 5.05. The van der Waals surface area contributed by atoms with Crippen LogP contribution in [0.5, 0.6) is 5.75 Å². The summed E-state index contributed by atoms with van der Waals surface area (Å²) in [6, 6.07) is 5.31. The first kappa shape index (κ1) is 14.4. The van der Waals surface area contributed by atoms with Crippen molar-refractivity contribution < 1.29 is 14.3 Å². The van der Waals surface area contributed by atoms with Crippen molar-refractivity contribution in [3.05, 3.63) is 23.8 Å². The Morgan fingerprint density at radius 3 is 2.65 bits per heavy atom. The second kappa shape index (κ2) is 5.53. The number of rotatable bonds is 2. The fraction of sp³-hybridized carbons (Fsp3) is 0.467. The SMILES string of the molecule is COc1ccc(C)cc1N1CCN(C(C)=O)C(C)C1=O. The highest BCUT2D eigenvalue weighted by atomic mass is 16.5. The lowest BCUT2D eigenvalue weighted by Gasteiger charge is -2.39. The van der Waals surface area contributed by atoms with Gasteiger partial charge in [0, 0.05) is 20.0 Å². The van der Waals surface area contributed by atoms with E-state index in [2.05, 4.69) is 0 Å². The van der Waals surface area contributed by atoms with Gasteiger partial charge in [0.05, 0.1) is 12.8 Å². The van der Waals surface area contributed by atoms with Crippen LogP contribution < -0.4 is 9.64 Å². The van der Waals surface area contributed by atoms with Crippen LogP contribution in [0.3, 0.4) is 0 Å². The van der Waals surface area contributed by atoms with E-state index < -0.39 is 6.04 Å². The summed E-state index contributed by atoms with van der Waals surface area (Å²) in [5, 5.41) is 0. The minimum Gasteiger partial charge on any atom is -0.495 e. The quantitative estimate of drug-likeness (QED) is 0.824. The molecule has 5 nitrogen and oxygen atoms in total. The maximum atomic E-state index is 12.5. The number of piperazine rings is 1. The monoisotopic (exact) mass is 276 g/mol. The van der Waals surface area contributed by atoms with Crippen molar-refractivity contribution >= 4 is 17.5 Å². The molecule has 1 aliphatic heterocycles. The van der Waals surface area contributed by atoms with Crippen LogP contribution in [0.15, 0.2) is 18.2 Å². The van der Waals surface area contributed by atoms with Crippen molar-refractivity contribution in [3.8, 4) is 5.75 Å². The number of aryl methyl sites for hydroxylation is 1. The average molecular weight is 276 g/mol. The second-order valence-corrected chi connectivity index (χ2v) is 5.05. The standard InChI is InChI=1S/C15H20N2O3/c1-10-5-6-14(20-4)13(9-10)17-8-7-16(12(3)18)11(2)15(17)19/h5-6,9,11H,7-8H2,1-4H3. The number of amides is 2. The lowest BCUT2D eigenvalue weighted by Crippen LogP contribution is -2.57. The first-order chi connectivity index (χ1) is 9.45. The van der Waals surface area contributed by atoms with Crippen molar-refractivity contribution in [1.82, 2.24) is 4.90 Å². The fourth-order valence-corrected chi connectivity index (χ4v) is 2.55. The van der Waals surface area contributed by atoms with E-state index in [1.807, 2.05) is 25.1 Å². The van der Waals surface area contributed by atoms with Gasteiger partial charge in [-0.3, -0.25) is 9.59 Å². The van der Waals surface area contributed by atoms with Gasteiger partial charge in [0.15, 0.2) is 0 Å². The molecule has 1 fully saturated rings. The highest BCUT2D eigenvalue weighted by Gasteiger charge is 2.34. The third kappa shape index (κ3) is 2.48. The summed E-state index contributed by atoms with van der Waals surface area (Å²) in [6.45, 7) is 6.26. The molecule has 2 amide bonds. The molecule has 20 heavy (non-hydrogen) atoms. The lowest BCUT2D eigenvalue weighted by molar-refractivity contribution is -0.139. The molecule has 1 heterocycles. The van der Waals surface area contributed by atoms with Gasteiger partial charge < -0.3 is 14.5 Å². The molecule has 1 aliphatic rings. The van der Waals surface area contributed by atoms with E-state index in [1.54, 1.807) is 23.8 Å². The first-order valence-corrected chi connectivity index (χ1v) is 6.69. The number of anilines is 1. The highest BCUT2D eigenvalue weighted by molar-refractivity contribution is 6.01. The predicted molar refractivity (Wildman–Crippen MR) is 76.9 cm³/mol. The van der Waals surface area contributed by atoms with E-state index in [1.165, 1.54) is 6.92 Å². The van der Waals surface area contributed by atoms with Gasteiger partial charge in [0.1, 0.15) is 11.8 Å². The van der Waals surface area contributed by atoms with Crippen LogP contribution in [0.25, 0.3) is 0 Å². The van der Waals surface area contributed by atoms with Gasteiger partial charge in [-0.2, -0.15) is 0 Å². The molecule has 0 aromatic heterocycles. The number of carbonyl (C=O) groups excluding carboxylic acids is 2. The molecular weight excluding hydrogens is 256 g/mol. The molecule has 0 radical (unpaired) electrons. The molecule has 0 saturated carbocycles. The topological polar surface area (TPSA) is 49.9 Å². The molecular formula is C15H20N2O3. The molecule has 108 valence electrons. The minimum atomic E-state index is -0.438. The normalized spacial score (nSPS) is 19.2. The summed E-state index contributed by atoms with van der Waals surface area (Å²) in [6.07, 6.45) is 0. The Kier molecular flexibility index (Phi) is 3.97. The Hall–Kier alpha value is -2.04. The van der Waals surface area contributed by atoms with Crippen LogP contribution in [0.1, 0.15) is 19.4 Å². The third-order valence-corrected chi connectivity index (χ3v) is 3.69. The fourth-order valence-electron chi connectivity index (χ4n) is 2.55.